The van der Waals surface area contributed by atoms with Crippen molar-refractivity contribution in [1.82, 2.24) is 0 Å². The van der Waals surface area contributed by atoms with Gasteiger partial charge in [-0.05, 0) is 66.9 Å². The molecule has 0 atom stereocenters. The molecular weight excluding hydrogens is 385 g/mol. The van der Waals surface area contributed by atoms with Crippen molar-refractivity contribution in [2.45, 2.75) is 23.8 Å². The summed E-state index contributed by atoms with van der Waals surface area (Å²) < 4.78 is 66.5. The first-order valence-electron chi connectivity index (χ1n) is 8.71. The summed E-state index contributed by atoms with van der Waals surface area (Å²) >= 11 is 0. The van der Waals surface area contributed by atoms with Gasteiger partial charge in [0.05, 0.1) is 5.25 Å². The molecule has 0 radical (unpaired) electrons. The smallest absolute Gasteiger partial charge is 0.170 e. The van der Waals surface area contributed by atoms with E-state index in [0.717, 1.165) is 0 Å². The molecule has 6 heteroatoms. The first-order chi connectivity index (χ1) is 13.2. The van der Waals surface area contributed by atoms with E-state index in [2.05, 4.69) is 0 Å². The standard InChI is InChI=1S/C22H19F3O2S/c1-15(2)28(26,27)22(16-3-9-19(23)10-4-16,17-5-11-20(24)12-6-17)18-7-13-21(25)14-8-18/h3-15H,1-2H3. The summed E-state index contributed by atoms with van der Waals surface area (Å²) in [6, 6.07) is 15.4. The summed E-state index contributed by atoms with van der Waals surface area (Å²) in [6.07, 6.45) is 0. The normalized spacial score (nSPS) is 12.4. The Morgan fingerprint density at radius 1 is 0.607 bits per heavy atom. The largest absolute Gasteiger partial charge is 0.227 e. The van der Waals surface area contributed by atoms with Gasteiger partial charge in [0.25, 0.3) is 0 Å². The van der Waals surface area contributed by atoms with Crippen molar-refractivity contribution in [2.75, 3.05) is 0 Å². The van der Waals surface area contributed by atoms with Crippen LogP contribution in [0.1, 0.15) is 30.5 Å². The molecule has 0 unspecified atom stereocenters. The van der Waals surface area contributed by atoms with Crippen LogP contribution in [0.15, 0.2) is 72.8 Å². The molecule has 0 aliphatic heterocycles. The van der Waals surface area contributed by atoms with Crippen molar-refractivity contribution in [3.05, 3.63) is 107 Å². The Bertz CT molecular complexity index is 945. The number of hydrogen-bond acceptors (Lipinski definition) is 2. The van der Waals surface area contributed by atoms with E-state index in [9.17, 15) is 21.6 Å². The van der Waals surface area contributed by atoms with Gasteiger partial charge >= 0.3 is 0 Å². The monoisotopic (exact) mass is 404 g/mol. The second-order valence-corrected chi connectivity index (χ2v) is 9.44. The third kappa shape index (κ3) is 3.22. The van der Waals surface area contributed by atoms with Gasteiger partial charge in [-0.1, -0.05) is 36.4 Å². The maximum absolute atomic E-state index is 13.7. The van der Waals surface area contributed by atoms with E-state index in [1.54, 1.807) is 13.8 Å². The van der Waals surface area contributed by atoms with Gasteiger partial charge in [-0.25, -0.2) is 21.6 Å². The molecule has 0 aliphatic carbocycles. The highest BCUT2D eigenvalue weighted by atomic mass is 32.2. The maximum Gasteiger partial charge on any atom is 0.170 e. The van der Waals surface area contributed by atoms with Crippen molar-refractivity contribution in [1.29, 1.82) is 0 Å². The van der Waals surface area contributed by atoms with Crippen molar-refractivity contribution in [2.24, 2.45) is 0 Å². The van der Waals surface area contributed by atoms with Gasteiger partial charge in [-0.3, -0.25) is 0 Å². The Balaban J connectivity index is 2.49. The zero-order valence-corrected chi connectivity index (χ0v) is 16.2. The van der Waals surface area contributed by atoms with E-state index in [1.807, 2.05) is 0 Å². The zero-order chi connectivity index (χ0) is 20.5. The Morgan fingerprint density at radius 2 is 0.857 bits per heavy atom. The average molecular weight is 404 g/mol. The number of hydrogen-bond donors (Lipinski definition) is 0. The van der Waals surface area contributed by atoms with Crippen LogP contribution in [0.3, 0.4) is 0 Å². The third-order valence-electron chi connectivity index (χ3n) is 4.80. The summed E-state index contributed by atoms with van der Waals surface area (Å²) in [5.41, 5.74) is 0.877. The van der Waals surface area contributed by atoms with Gasteiger partial charge in [0, 0.05) is 0 Å². The topological polar surface area (TPSA) is 34.1 Å². The van der Waals surface area contributed by atoms with Crippen LogP contribution in [-0.2, 0) is 14.6 Å². The van der Waals surface area contributed by atoms with Crippen LogP contribution >= 0.6 is 0 Å². The van der Waals surface area contributed by atoms with Crippen LogP contribution < -0.4 is 0 Å². The number of sulfone groups is 1. The summed E-state index contributed by atoms with van der Waals surface area (Å²) in [5, 5.41) is -0.812. The van der Waals surface area contributed by atoms with Crippen LogP contribution in [0.2, 0.25) is 0 Å². The Labute approximate surface area is 162 Å². The van der Waals surface area contributed by atoms with Crippen molar-refractivity contribution >= 4 is 9.84 Å². The first kappa shape index (κ1) is 20.1. The lowest BCUT2D eigenvalue weighted by atomic mass is 9.84. The van der Waals surface area contributed by atoms with E-state index in [0.29, 0.717) is 16.7 Å². The molecule has 3 aromatic rings. The zero-order valence-electron chi connectivity index (χ0n) is 15.4. The lowest BCUT2D eigenvalue weighted by molar-refractivity contribution is 0.560. The van der Waals surface area contributed by atoms with Crippen molar-refractivity contribution < 1.29 is 21.6 Å². The maximum atomic E-state index is 13.7. The van der Waals surface area contributed by atoms with Gasteiger partial charge < -0.3 is 0 Å². The molecule has 146 valence electrons. The van der Waals surface area contributed by atoms with E-state index in [-0.39, 0.29) is 0 Å². The minimum atomic E-state index is -3.97. The van der Waals surface area contributed by atoms with E-state index in [4.69, 9.17) is 0 Å². The fourth-order valence-corrected chi connectivity index (χ4v) is 5.50. The second kappa shape index (κ2) is 7.43. The van der Waals surface area contributed by atoms with Crippen LogP contribution in [0.25, 0.3) is 0 Å². The van der Waals surface area contributed by atoms with Gasteiger partial charge in [-0.15, -0.1) is 0 Å². The average Bonchev–Trinajstić information content (AvgIpc) is 2.66. The van der Waals surface area contributed by atoms with E-state index >= 15 is 0 Å². The molecule has 0 saturated heterocycles. The molecule has 3 rings (SSSR count). The van der Waals surface area contributed by atoms with Crippen LogP contribution in [0.5, 0.6) is 0 Å². The first-order valence-corrected chi connectivity index (χ1v) is 10.3. The molecule has 0 heterocycles. The fraction of sp³-hybridized carbons (Fsp3) is 0.182. The molecule has 0 aliphatic rings. The molecule has 0 spiro atoms. The van der Waals surface area contributed by atoms with Gasteiger partial charge in [0.1, 0.15) is 22.2 Å². The summed E-state index contributed by atoms with van der Waals surface area (Å²) in [6.45, 7) is 3.08. The summed E-state index contributed by atoms with van der Waals surface area (Å²) in [4.78, 5) is 0. The van der Waals surface area contributed by atoms with Gasteiger partial charge in [-0.2, -0.15) is 0 Å². The molecule has 28 heavy (non-hydrogen) atoms. The molecule has 3 aromatic carbocycles. The fourth-order valence-electron chi connectivity index (χ4n) is 3.40. The highest BCUT2D eigenvalue weighted by Crippen LogP contribution is 2.46. The Morgan fingerprint density at radius 3 is 1.07 bits per heavy atom. The summed E-state index contributed by atoms with van der Waals surface area (Å²) in [5.74, 6) is -1.55. The number of benzene rings is 3. The highest BCUT2D eigenvalue weighted by molar-refractivity contribution is 7.93. The number of halogens is 3. The van der Waals surface area contributed by atoms with Crippen molar-refractivity contribution in [3.8, 4) is 0 Å². The Kier molecular flexibility index (Phi) is 5.35. The van der Waals surface area contributed by atoms with Crippen LogP contribution in [0, 0.1) is 17.5 Å². The van der Waals surface area contributed by atoms with E-state index in [1.165, 1.54) is 72.8 Å². The van der Waals surface area contributed by atoms with Crippen LogP contribution in [-0.4, -0.2) is 13.7 Å². The molecular formula is C22H19F3O2S. The van der Waals surface area contributed by atoms with Gasteiger partial charge in [0.15, 0.2) is 9.84 Å². The van der Waals surface area contributed by atoms with Crippen molar-refractivity contribution in [3.63, 3.8) is 0 Å². The number of rotatable bonds is 5. The molecule has 0 N–H and O–H groups in total. The lowest BCUT2D eigenvalue weighted by Gasteiger charge is -2.37. The molecule has 0 saturated carbocycles. The molecule has 2 nitrogen and oxygen atoms in total. The molecule has 0 bridgehead atoms. The van der Waals surface area contributed by atoms with E-state index < -0.39 is 37.3 Å². The quantitative estimate of drug-likeness (QED) is 0.547. The molecule has 0 amide bonds. The molecule has 0 aromatic heterocycles. The predicted molar refractivity (Wildman–Crippen MR) is 103 cm³/mol. The SMILES string of the molecule is CC(C)S(=O)(=O)C(c1ccc(F)cc1)(c1ccc(F)cc1)c1ccc(F)cc1. The van der Waals surface area contributed by atoms with Gasteiger partial charge in [0.2, 0.25) is 0 Å². The molecule has 0 fully saturated rings. The third-order valence-corrected chi connectivity index (χ3v) is 7.60. The minimum Gasteiger partial charge on any atom is -0.227 e. The second-order valence-electron chi connectivity index (χ2n) is 6.80. The summed E-state index contributed by atoms with van der Waals surface area (Å²) in [7, 11) is -3.97. The minimum absolute atomic E-state index is 0.292. The van der Waals surface area contributed by atoms with Crippen LogP contribution in [0.4, 0.5) is 13.2 Å². The Hall–Kier alpha value is -2.60. The predicted octanol–water partition coefficient (Wildman–Crippen LogP) is 5.22. The highest BCUT2D eigenvalue weighted by Gasteiger charge is 2.50. The lowest BCUT2D eigenvalue weighted by Crippen LogP contribution is -2.42.